The Balaban J connectivity index is 2.07. The van der Waals surface area contributed by atoms with Crippen molar-refractivity contribution in [3.63, 3.8) is 0 Å². The van der Waals surface area contributed by atoms with Gasteiger partial charge in [-0.3, -0.25) is 0 Å². The smallest absolute Gasteiger partial charge is 0.119 e. The zero-order valence-corrected chi connectivity index (χ0v) is 12.9. The van der Waals surface area contributed by atoms with Crippen LogP contribution in [0, 0.1) is 0 Å². The Morgan fingerprint density at radius 2 is 1.81 bits per heavy atom. The molecule has 0 bridgehead atoms. The Bertz CT molecular complexity index is 596. The Labute approximate surface area is 131 Å². The van der Waals surface area contributed by atoms with E-state index in [2.05, 4.69) is 19.2 Å². The van der Waals surface area contributed by atoms with Gasteiger partial charge < -0.3 is 10.4 Å². The molecule has 1 aliphatic heterocycles. The van der Waals surface area contributed by atoms with Gasteiger partial charge in [0.05, 0.1) is 0 Å². The van der Waals surface area contributed by atoms with E-state index in [9.17, 15) is 5.11 Å². The van der Waals surface area contributed by atoms with Crippen LogP contribution in [0.3, 0.4) is 0 Å². The fourth-order valence-electron chi connectivity index (χ4n) is 4.47. The molecule has 1 saturated heterocycles. The molecule has 2 atom stereocenters. The number of fused-ring (bicyclic) bond motifs is 1. The van der Waals surface area contributed by atoms with Gasteiger partial charge in [0.25, 0.3) is 0 Å². The van der Waals surface area contributed by atoms with Crippen LogP contribution in [-0.4, -0.2) is 40.7 Å². The molecule has 1 aromatic carbocycles. The Hall–Kier alpha value is -0.825. The third kappa shape index (κ3) is 2.25. The lowest BCUT2D eigenvalue weighted by molar-refractivity contribution is 0.282. The molecular weight excluding hydrogens is 255 g/mol. The molecule has 6 radical (unpaired) electrons. The van der Waals surface area contributed by atoms with E-state index in [1.54, 1.807) is 0 Å². The lowest BCUT2D eigenvalue weighted by atomic mass is 9.64. The van der Waals surface area contributed by atoms with Crippen LogP contribution in [0.1, 0.15) is 50.7 Å². The monoisotopic (exact) mass is 275 g/mol. The Kier molecular flexibility index (Phi) is 3.48. The summed E-state index contributed by atoms with van der Waals surface area (Å²) in [5.41, 5.74) is 3.30. The molecule has 0 amide bonds. The van der Waals surface area contributed by atoms with E-state index in [4.69, 9.17) is 23.5 Å². The first-order valence-electron chi connectivity index (χ1n) is 7.71. The van der Waals surface area contributed by atoms with E-state index < -0.39 is 0 Å². The molecule has 3 rings (SSSR count). The van der Waals surface area contributed by atoms with E-state index in [0.29, 0.717) is 10.9 Å². The molecule has 1 heterocycles. The van der Waals surface area contributed by atoms with E-state index in [0.717, 1.165) is 36.9 Å². The van der Waals surface area contributed by atoms with Crippen molar-refractivity contribution in [2.24, 2.45) is 0 Å². The summed E-state index contributed by atoms with van der Waals surface area (Å²) in [6.07, 6.45) is 5.26. The van der Waals surface area contributed by atoms with Crippen LogP contribution in [-0.2, 0) is 11.8 Å². The summed E-state index contributed by atoms with van der Waals surface area (Å²) in [5, 5.41) is 13.6. The molecule has 1 aliphatic carbocycles. The van der Waals surface area contributed by atoms with Crippen molar-refractivity contribution < 1.29 is 5.11 Å². The summed E-state index contributed by atoms with van der Waals surface area (Å²) >= 11 is 0. The van der Waals surface area contributed by atoms with Crippen LogP contribution in [0.15, 0.2) is 0 Å². The largest absolute Gasteiger partial charge is 0.509 e. The van der Waals surface area contributed by atoms with Crippen LogP contribution in [0.25, 0.3) is 0 Å². The van der Waals surface area contributed by atoms with Gasteiger partial charge in [-0.1, -0.05) is 23.3 Å². The summed E-state index contributed by atoms with van der Waals surface area (Å²) in [6.45, 7) is 5.61. The second-order valence-corrected chi connectivity index (χ2v) is 7.27. The van der Waals surface area contributed by atoms with Crippen molar-refractivity contribution in [3.05, 3.63) is 11.1 Å². The summed E-state index contributed by atoms with van der Waals surface area (Å²) in [7, 11) is 18.2. The lowest BCUT2D eigenvalue weighted by Gasteiger charge is -2.37. The number of nitrogens with one attached hydrogen (secondary N) is 1. The number of phenols is 1. The molecular formula is C16H20B3NO. The SMILES string of the molecule is [B]c1c([B])c2c(c([B])c1O)CCC2(C)C[C@@]1(C)CCCN1. The molecule has 0 saturated carbocycles. The summed E-state index contributed by atoms with van der Waals surface area (Å²) in [4.78, 5) is 0. The second kappa shape index (κ2) is 4.84. The van der Waals surface area contributed by atoms with Crippen LogP contribution in [0.2, 0.25) is 0 Å². The standard InChI is InChI=1S/C16H20B3NO/c1-15(8-16(2)5-3-7-20-16)6-4-9-10(15)12(18)13(19)14(21)11(9)17/h20-21H,3-8H2,1-2H3/t15?,16-/m1/s1. The van der Waals surface area contributed by atoms with E-state index in [1.807, 2.05) is 0 Å². The zero-order chi connectivity index (χ0) is 15.4. The highest BCUT2D eigenvalue weighted by molar-refractivity contribution is 6.53. The first kappa shape index (κ1) is 15.1. The summed E-state index contributed by atoms with van der Waals surface area (Å²) in [5.74, 6) is -0.0549. The quantitative estimate of drug-likeness (QED) is 0.714. The minimum atomic E-state index is -0.0549. The van der Waals surface area contributed by atoms with Crippen LogP contribution in [0.5, 0.6) is 5.75 Å². The third-order valence-electron chi connectivity index (χ3n) is 5.46. The number of aromatic hydroxyl groups is 1. The van der Waals surface area contributed by atoms with Crippen molar-refractivity contribution >= 4 is 39.9 Å². The predicted molar refractivity (Wildman–Crippen MR) is 90.2 cm³/mol. The molecule has 2 nitrogen and oxygen atoms in total. The molecule has 2 aliphatic rings. The Morgan fingerprint density at radius 1 is 1.10 bits per heavy atom. The highest BCUT2D eigenvalue weighted by Crippen LogP contribution is 2.44. The van der Waals surface area contributed by atoms with Gasteiger partial charge in [0.1, 0.15) is 29.3 Å². The molecule has 0 aromatic heterocycles. The molecule has 1 fully saturated rings. The molecule has 1 aromatic rings. The molecule has 0 spiro atoms. The Morgan fingerprint density at radius 3 is 2.43 bits per heavy atom. The van der Waals surface area contributed by atoms with Crippen LogP contribution in [0.4, 0.5) is 0 Å². The van der Waals surface area contributed by atoms with Crippen molar-refractivity contribution in [3.8, 4) is 5.75 Å². The number of phenolic OH excluding ortho intramolecular Hbond substituents is 1. The molecule has 2 N–H and O–H groups in total. The van der Waals surface area contributed by atoms with Gasteiger partial charge in [-0.15, -0.1) is 0 Å². The van der Waals surface area contributed by atoms with Crippen molar-refractivity contribution in [2.75, 3.05) is 6.54 Å². The van der Waals surface area contributed by atoms with Crippen molar-refractivity contribution in [1.82, 2.24) is 5.32 Å². The second-order valence-electron chi connectivity index (χ2n) is 7.27. The maximum atomic E-state index is 10.0. The van der Waals surface area contributed by atoms with Gasteiger partial charge in [-0.25, -0.2) is 0 Å². The first-order valence-corrected chi connectivity index (χ1v) is 7.71. The van der Waals surface area contributed by atoms with Crippen LogP contribution < -0.4 is 21.7 Å². The van der Waals surface area contributed by atoms with Gasteiger partial charge in [0.15, 0.2) is 0 Å². The minimum Gasteiger partial charge on any atom is -0.509 e. The average Bonchev–Trinajstić information content (AvgIpc) is 2.98. The number of rotatable bonds is 2. The van der Waals surface area contributed by atoms with Gasteiger partial charge in [-0.05, 0) is 62.1 Å². The van der Waals surface area contributed by atoms with E-state index in [1.165, 1.54) is 12.8 Å². The highest BCUT2D eigenvalue weighted by atomic mass is 16.3. The van der Waals surface area contributed by atoms with Gasteiger partial charge >= 0.3 is 0 Å². The maximum absolute atomic E-state index is 10.0. The van der Waals surface area contributed by atoms with Gasteiger partial charge in [-0.2, -0.15) is 0 Å². The van der Waals surface area contributed by atoms with Crippen molar-refractivity contribution in [2.45, 2.75) is 56.9 Å². The van der Waals surface area contributed by atoms with Crippen LogP contribution >= 0.6 is 0 Å². The number of hydrogen-bond donors (Lipinski definition) is 2. The predicted octanol–water partition coefficient (Wildman–Crippen LogP) is -0.490. The van der Waals surface area contributed by atoms with Gasteiger partial charge in [0, 0.05) is 5.54 Å². The highest BCUT2D eigenvalue weighted by Gasteiger charge is 2.43. The third-order valence-corrected chi connectivity index (χ3v) is 5.46. The lowest BCUT2D eigenvalue weighted by Crippen LogP contribution is -2.45. The fourth-order valence-corrected chi connectivity index (χ4v) is 4.47. The molecule has 21 heavy (non-hydrogen) atoms. The number of hydrogen-bond acceptors (Lipinski definition) is 2. The first-order chi connectivity index (χ1) is 9.77. The average molecular weight is 275 g/mol. The van der Waals surface area contributed by atoms with Crippen molar-refractivity contribution in [1.29, 1.82) is 0 Å². The zero-order valence-electron chi connectivity index (χ0n) is 12.9. The maximum Gasteiger partial charge on any atom is 0.119 e. The minimum absolute atomic E-state index is 0.0402. The van der Waals surface area contributed by atoms with E-state index >= 15 is 0 Å². The van der Waals surface area contributed by atoms with Gasteiger partial charge in [0.2, 0.25) is 0 Å². The summed E-state index contributed by atoms with van der Waals surface area (Å²) in [6, 6.07) is 0. The summed E-state index contributed by atoms with van der Waals surface area (Å²) < 4.78 is 0. The normalized spacial score (nSPS) is 31.5. The topological polar surface area (TPSA) is 32.3 Å². The van der Waals surface area contributed by atoms with E-state index in [-0.39, 0.29) is 22.2 Å². The molecule has 5 heteroatoms. The molecule has 104 valence electrons. The fraction of sp³-hybridized carbons (Fsp3) is 0.625. The number of benzene rings is 1. The molecule has 1 unspecified atom stereocenters.